The zero-order chi connectivity index (χ0) is 21.7. The van der Waals surface area contributed by atoms with Crippen LogP contribution >= 0.6 is 11.3 Å². The Balaban J connectivity index is 1.74. The third-order valence-electron chi connectivity index (χ3n) is 5.63. The maximum Gasteiger partial charge on any atom is 0.242 e. The van der Waals surface area contributed by atoms with E-state index >= 15 is 0 Å². The normalized spacial score (nSPS) is 15.8. The van der Waals surface area contributed by atoms with Gasteiger partial charge in [0, 0.05) is 24.9 Å². The van der Waals surface area contributed by atoms with Gasteiger partial charge in [-0.1, -0.05) is 32.9 Å². The average Bonchev–Trinajstić information content (AvgIpc) is 3.20. The molecular weight excluding hydrogens is 396 g/mol. The van der Waals surface area contributed by atoms with E-state index in [4.69, 9.17) is 4.74 Å². The fraction of sp³-hybridized carbons (Fsp3) is 0.500. The van der Waals surface area contributed by atoms with Crippen molar-refractivity contribution < 1.29 is 14.3 Å². The average molecular weight is 429 g/mol. The topological polar surface area (TPSA) is 49.9 Å². The monoisotopic (exact) mass is 428 g/mol. The van der Waals surface area contributed by atoms with E-state index in [0.717, 1.165) is 18.6 Å². The van der Waals surface area contributed by atoms with Gasteiger partial charge in [-0.05, 0) is 53.5 Å². The molecule has 0 fully saturated rings. The van der Waals surface area contributed by atoms with Gasteiger partial charge >= 0.3 is 0 Å². The molecule has 0 aliphatic carbocycles. The fourth-order valence-electron chi connectivity index (χ4n) is 3.87. The first kappa shape index (κ1) is 22.3. The summed E-state index contributed by atoms with van der Waals surface area (Å²) in [6.45, 7) is 9.67. The van der Waals surface area contributed by atoms with Crippen molar-refractivity contribution in [3.05, 3.63) is 51.7 Å². The van der Waals surface area contributed by atoms with Crippen molar-refractivity contribution >= 4 is 23.2 Å². The van der Waals surface area contributed by atoms with Gasteiger partial charge < -0.3 is 14.5 Å². The third-order valence-corrected chi connectivity index (χ3v) is 6.63. The highest BCUT2D eigenvalue weighted by atomic mass is 32.1. The van der Waals surface area contributed by atoms with E-state index in [2.05, 4.69) is 37.4 Å². The minimum atomic E-state index is -0.132. The Kier molecular flexibility index (Phi) is 7.53. The first-order chi connectivity index (χ1) is 14.4. The number of fused-ring (bicyclic) bond motifs is 1. The van der Waals surface area contributed by atoms with Gasteiger partial charge in [-0.15, -0.1) is 11.3 Å². The van der Waals surface area contributed by atoms with Gasteiger partial charge in [0.25, 0.3) is 0 Å². The van der Waals surface area contributed by atoms with Gasteiger partial charge in [-0.2, -0.15) is 0 Å². The molecule has 30 heavy (non-hydrogen) atoms. The van der Waals surface area contributed by atoms with Gasteiger partial charge in [0.05, 0.1) is 12.6 Å². The number of carbonyl (C=O) groups is 2. The molecule has 6 heteroatoms. The van der Waals surface area contributed by atoms with E-state index in [9.17, 15) is 9.59 Å². The number of rotatable bonds is 8. The summed E-state index contributed by atoms with van der Waals surface area (Å²) in [5, 5.41) is 2.09. The smallest absolute Gasteiger partial charge is 0.242 e. The lowest BCUT2D eigenvalue weighted by atomic mass is 10.00. The second-order valence-electron chi connectivity index (χ2n) is 8.13. The Morgan fingerprint density at radius 2 is 1.97 bits per heavy atom. The predicted octanol–water partition coefficient (Wildman–Crippen LogP) is 4.63. The zero-order valence-electron chi connectivity index (χ0n) is 18.4. The molecule has 162 valence electrons. The van der Waals surface area contributed by atoms with Crippen molar-refractivity contribution in [3.8, 4) is 5.75 Å². The first-order valence-corrected chi connectivity index (χ1v) is 11.6. The highest BCUT2D eigenvalue weighted by Gasteiger charge is 2.33. The van der Waals surface area contributed by atoms with E-state index in [1.807, 2.05) is 24.0 Å². The van der Waals surface area contributed by atoms with E-state index < -0.39 is 0 Å². The predicted molar refractivity (Wildman–Crippen MR) is 121 cm³/mol. The van der Waals surface area contributed by atoms with Crippen LogP contribution in [-0.4, -0.2) is 47.9 Å². The summed E-state index contributed by atoms with van der Waals surface area (Å²) in [6, 6.07) is 10.1. The largest absolute Gasteiger partial charge is 0.491 e. The summed E-state index contributed by atoms with van der Waals surface area (Å²) in [5.41, 5.74) is 2.44. The third kappa shape index (κ3) is 5.22. The van der Waals surface area contributed by atoms with E-state index in [0.29, 0.717) is 25.6 Å². The molecular formula is C24H32N2O3S. The lowest BCUT2D eigenvalue weighted by Gasteiger charge is -2.37. The number of amides is 2. The molecule has 3 rings (SSSR count). The summed E-state index contributed by atoms with van der Waals surface area (Å²) < 4.78 is 6.12. The summed E-state index contributed by atoms with van der Waals surface area (Å²) >= 11 is 1.74. The van der Waals surface area contributed by atoms with E-state index in [-0.39, 0.29) is 24.4 Å². The van der Waals surface area contributed by atoms with Crippen LogP contribution in [0.4, 0.5) is 0 Å². The summed E-state index contributed by atoms with van der Waals surface area (Å²) in [7, 11) is 0. The molecule has 5 nitrogen and oxygen atoms in total. The Hall–Kier alpha value is -2.34. The maximum atomic E-state index is 13.1. The van der Waals surface area contributed by atoms with Crippen molar-refractivity contribution in [1.82, 2.24) is 9.80 Å². The highest BCUT2D eigenvalue weighted by Crippen LogP contribution is 2.34. The van der Waals surface area contributed by atoms with Gasteiger partial charge in [0.2, 0.25) is 11.8 Å². The number of carbonyl (C=O) groups excluding carboxylic acids is 2. The molecule has 2 amide bonds. The van der Waals surface area contributed by atoms with E-state index in [1.165, 1.54) is 22.9 Å². The second-order valence-corrected chi connectivity index (χ2v) is 9.13. The van der Waals surface area contributed by atoms with Gasteiger partial charge in [0.1, 0.15) is 12.4 Å². The standard InChI is InChI=1S/C24H32N2O3S/c1-5-12-25(18(4)27)15-24(28)26-13-10-23-21(11-14-30-23)22(26)16-29-20-8-6-19(7-9-20)17(2)3/h6-9,11,14,17,22H,5,10,12-13,15-16H2,1-4H3/t22-/m0/s1. The molecule has 0 saturated heterocycles. The second kappa shape index (κ2) is 10.1. The van der Waals surface area contributed by atoms with Crippen LogP contribution in [0.3, 0.4) is 0 Å². The molecule has 0 spiro atoms. The van der Waals surface area contributed by atoms with Crippen LogP contribution in [0.1, 0.15) is 62.1 Å². The van der Waals surface area contributed by atoms with Crippen LogP contribution in [-0.2, 0) is 16.0 Å². The Morgan fingerprint density at radius 1 is 1.23 bits per heavy atom. The summed E-state index contributed by atoms with van der Waals surface area (Å²) in [4.78, 5) is 29.9. The zero-order valence-corrected chi connectivity index (χ0v) is 19.2. The SMILES string of the molecule is CCCN(CC(=O)N1CCc2sccc2[C@@H]1COc1ccc(C(C)C)cc1)C(C)=O. The number of thiophene rings is 1. The molecule has 2 aromatic rings. The lowest BCUT2D eigenvalue weighted by molar-refractivity contribution is -0.141. The molecule has 2 heterocycles. The van der Waals surface area contributed by atoms with Crippen molar-refractivity contribution in [1.29, 1.82) is 0 Å². The number of hydrogen-bond donors (Lipinski definition) is 0. The Morgan fingerprint density at radius 3 is 2.60 bits per heavy atom. The Bertz CT molecular complexity index is 860. The number of hydrogen-bond acceptors (Lipinski definition) is 4. The molecule has 0 radical (unpaired) electrons. The van der Waals surface area contributed by atoms with Crippen molar-refractivity contribution in [2.45, 2.75) is 52.5 Å². The molecule has 1 aliphatic rings. The van der Waals surface area contributed by atoms with Gasteiger partial charge in [-0.3, -0.25) is 9.59 Å². The van der Waals surface area contributed by atoms with Crippen LogP contribution in [0.15, 0.2) is 35.7 Å². The molecule has 1 atom stereocenters. The van der Waals surface area contributed by atoms with Crippen LogP contribution in [0.25, 0.3) is 0 Å². The maximum absolute atomic E-state index is 13.1. The molecule has 1 aromatic carbocycles. The number of nitrogens with zero attached hydrogens (tertiary/aromatic N) is 2. The van der Waals surface area contributed by atoms with Crippen molar-refractivity contribution in [2.75, 3.05) is 26.2 Å². The fourth-order valence-corrected chi connectivity index (χ4v) is 4.80. The quantitative estimate of drug-likeness (QED) is 0.616. The first-order valence-electron chi connectivity index (χ1n) is 10.7. The molecule has 0 bridgehead atoms. The van der Waals surface area contributed by atoms with Gasteiger partial charge in [-0.25, -0.2) is 0 Å². The minimum absolute atomic E-state index is 0.0146. The Labute approximate surface area is 183 Å². The van der Waals surface area contributed by atoms with Crippen LogP contribution in [0, 0.1) is 0 Å². The van der Waals surface area contributed by atoms with Crippen LogP contribution in [0.5, 0.6) is 5.75 Å². The summed E-state index contributed by atoms with van der Waals surface area (Å²) in [6.07, 6.45) is 1.69. The highest BCUT2D eigenvalue weighted by molar-refractivity contribution is 7.10. The molecule has 0 saturated carbocycles. The summed E-state index contributed by atoms with van der Waals surface area (Å²) in [5.74, 6) is 1.22. The molecule has 0 N–H and O–H groups in total. The number of benzene rings is 1. The van der Waals surface area contributed by atoms with Crippen LogP contribution < -0.4 is 4.74 Å². The van der Waals surface area contributed by atoms with Gasteiger partial charge in [0.15, 0.2) is 0 Å². The lowest BCUT2D eigenvalue weighted by Crippen LogP contribution is -2.47. The molecule has 0 unspecified atom stereocenters. The van der Waals surface area contributed by atoms with E-state index in [1.54, 1.807) is 16.2 Å². The molecule has 1 aliphatic heterocycles. The molecule has 1 aromatic heterocycles. The number of ether oxygens (including phenoxy) is 1. The van der Waals surface area contributed by atoms with Crippen LogP contribution in [0.2, 0.25) is 0 Å². The van der Waals surface area contributed by atoms with Crippen molar-refractivity contribution in [2.24, 2.45) is 0 Å². The minimum Gasteiger partial charge on any atom is -0.491 e. The van der Waals surface area contributed by atoms with Crippen molar-refractivity contribution in [3.63, 3.8) is 0 Å².